The van der Waals surface area contributed by atoms with Gasteiger partial charge in [-0.2, -0.15) is 4.99 Å². The van der Waals surface area contributed by atoms with Crippen LogP contribution in [0.4, 0.5) is 18.9 Å². The summed E-state index contributed by atoms with van der Waals surface area (Å²) in [6.45, 7) is 1.59. The highest BCUT2D eigenvalue weighted by Crippen LogP contribution is 2.30. The number of nitrogens with zero attached hydrogens (tertiary/aromatic N) is 3. The number of halogens is 6. The van der Waals surface area contributed by atoms with Crippen molar-refractivity contribution >= 4 is 58.4 Å². The van der Waals surface area contributed by atoms with Gasteiger partial charge in [0.1, 0.15) is 5.75 Å². The van der Waals surface area contributed by atoms with Crippen LogP contribution in [0.3, 0.4) is 0 Å². The number of nitrogens with two attached hydrogens (primary N) is 2. The summed E-state index contributed by atoms with van der Waals surface area (Å²) in [4.78, 5) is 9.86. The lowest BCUT2D eigenvalue weighted by Crippen LogP contribution is -2.41. The van der Waals surface area contributed by atoms with Crippen LogP contribution < -0.4 is 16.2 Å². The van der Waals surface area contributed by atoms with Crippen LogP contribution >= 0.6 is 40.7 Å². The molecule has 1 aliphatic rings. The average molecular weight is 481 g/mol. The maximum atomic E-state index is 12.3. The van der Waals surface area contributed by atoms with Crippen LogP contribution in [0.25, 0.3) is 0 Å². The number of benzene rings is 1. The molecular formula is C14H19BrCl2F3N5O. The second-order valence-corrected chi connectivity index (χ2v) is 6.10. The maximum Gasteiger partial charge on any atom is 0.573 e. The van der Waals surface area contributed by atoms with E-state index in [1.165, 1.54) is 12.1 Å². The van der Waals surface area contributed by atoms with E-state index in [0.717, 1.165) is 38.4 Å². The van der Waals surface area contributed by atoms with E-state index in [2.05, 4.69) is 30.7 Å². The van der Waals surface area contributed by atoms with Gasteiger partial charge in [-0.05, 0) is 31.4 Å². The fourth-order valence-corrected chi connectivity index (χ4v) is 2.73. The summed E-state index contributed by atoms with van der Waals surface area (Å²) in [6.07, 6.45) is -1.59. The Balaban J connectivity index is 0.00000312. The molecule has 0 spiro atoms. The lowest BCUT2D eigenvalue weighted by Gasteiger charge is -2.27. The molecule has 1 saturated heterocycles. The van der Waals surface area contributed by atoms with E-state index in [1.807, 2.05) is 4.90 Å². The molecular weight excluding hydrogens is 462 g/mol. The zero-order valence-electron chi connectivity index (χ0n) is 13.5. The number of likely N-dealkylation sites (tertiary alicyclic amines) is 1. The van der Waals surface area contributed by atoms with E-state index in [0.29, 0.717) is 4.47 Å². The molecule has 0 saturated carbocycles. The van der Waals surface area contributed by atoms with Gasteiger partial charge in [-0.1, -0.05) is 15.9 Å². The fourth-order valence-electron chi connectivity index (χ4n) is 2.27. The van der Waals surface area contributed by atoms with E-state index in [4.69, 9.17) is 11.5 Å². The number of hydrogen-bond acceptors (Lipinski definition) is 2. The van der Waals surface area contributed by atoms with Gasteiger partial charge in [0.05, 0.1) is 5.69 Å². The summed E-state index contributed by atoms with van der Waals surface area (Å²) in [6, 6.07) is 3.77. The normalized spacial score (nSPS) is 15.8. The quantitative estimate of drug-likeness (QED) is 0.495. The first-order valence-corrected chi connectivity index (χ1v) is 8.02. The van der Waals surface area contributed by atoms with Crippen LogP contribution in [0.2, 0.25) is 0 Å². The van der Waals surface area contributed by atoms with Crippen molar-refractivity contribution in [1.82, 2.24) is 4.90 Å². The molecule has 0 unspecified atom stereocenters. The second-order valence-electron chi connectivity index (χ2n) is 5.18. The highest BCUT2D eigenvalue weighted by Gasteiger charge is 2.31. The Bertz CT molecular complexity index is 652. The van der Waals surface area contributed by atoms with Gasteiger partial charge in [0, 0.05) is 23.6 Å². The Hall–Kier alpha value is -1.39. The predicted molar refractivity (Wildman–Crippen MR) is 104 cm³/mol. The summed E-state index contributed by atoms with van der Waals surface area (Å²) in [5.41, 5.74) is 11.8. The summed E-state index contributed by atoms with van der Waals surface area (Å²) in [5, 5.41) is 0. The molecule has 0 bridgehead atoms. The molecule has 1 aromatic rings. The molecule has 1 aliphatic heterocycles. The SMILES string of the molecule is Cl.Cl.NC(=Nc1cc(Br)cc(OC(F)(F)F)c1)/N=C(/N)N1CCCCC1. The van der Waals surface area contributed by atoms with Crippen molar-refractivity contribution < 1.29 is 17.9 Å². The van der Waals surface area contributed by atoms with E-state index < -0.39 is 12.1 Å². The number of guanidine groups is 2. The van der Waals surface area contributed by atoms with Crippen molar-refractivity contribution in [2.45, 2.75) is 25.6 Å². The zero-order valence-corrected chi connectivity index (χ0v) is 16.7. The Labute approximate surface area is 169 Å². The number of piperidine rings is 1. The molecule has 1 fully saturated rings. The number of hydrogen-bond donors (Lipinski definition) is 2. The summed E-state index contributed by atoms with van der Waals surface area (Å²) < 4.78 is 41.1. The molecule has 6 nitrogen and oxygen atoms in total. The van der Waals surface area contributed by atoms with E-state index in [-0.39, 0.29) is 42.4 Å². The van der Waals surface area contributed by atoms with Gasteiger partial charge in [0.15, 0.2) is 5.96 Å². The predicted octanol–water partition coefficient (Wildman–Crippen LogP) is 3.94. The lowest BCUT2D eigenvalue weighted by atomic mass is 10.1. The second kappa shape index (κ2) is 10.7. The standard InChI is InChI=1S/C14H17BrF3N5O.2ClH/c15-9-6-10(8-11(7-9)24-14(16,17)18)21-12(19)22-13(20)23-4-2-1-3-5-23;;/h6-8H,1-5H2,(H4,19,20,21,22);2*1H. The molecule has 148 valence electrons. The topological polar surface area (TPSA) is 89.2 Å². The van der Waals surface area contributed by atoms with E-state index in [9.17, 15) is 13.2 Å². The Morgan fingerprint density at radius 3 is 2.27 bits per heavy atom. The first-order valence-electron chi connectivity index (χ1n) is 7.22. The molecule has 12 heteroatoms. The zero-order chi connectivity index (χ0) is 17.7. The van der Waals surface area contributed by atoms with Crippen LogP contribution in [-0.4, -0.2) is 36.3 Å². The number of aliphatic imine (C=N–C) groups is 2. The van der Waals surface area contributed by atoms with Gasteiger partial charge in [-0.25, -0.2) is 4.99 Å². The minimum atomic E-state index is -4.79. The average Bonchev–Trinajstić information content (AvgIpc) is 2.45. The molecule has 1 aromatic carbocycles. The molecule has 2 rings (SSSR count). The van der Waals surface area contributed by atoms with Crippen molar-refractivity contribution in [1.29, 1.82) is 0 Å². The van der Waals surface area contributed by atoms with Gasteiger partial charge in [-0.3, -0.25) is 0 Å². The summed E-state index contributed by atoms with van der Waals surface area (Å²) in [7, 11) is 0. The lowest BCUT2D eigenvalue weighted by molar-refractivity contribution is -0.274. The van der Waals surface area contributed by atoms with E-state index in [1.54, 1.807) is 0 Å². The smallest absolute Gasteiger partial charge is 0.406 e. The molecule has 4 N–H and O–H groups in total. The van der Waals surface area contributed by atoms with Crippen LogP contribution in [0.5, 0.6) is 5.75 Å². The number of alkyl halides is 3. The molecule has 0 aromatic heterocycles. The van der Waals surface area contributed by atoms with Gasteiger partial charge in [0.25, 0.3) is 0 Å². The van der Waals surface area contributed by atoms with Gasteiger partial charge in [0.2, 0.25) is 5.96 Å². The fraction of sp³-hybridized carbons (Fsp3) is 0.429. The summed E-state index contributed by atoms with van der Waals surface area (Å²) in [5.74, 6) is -0.303. The van der Waals surface area contributed by atoms with E-state index >= 15 is 0 Å². The first kappa shape index (κ1) is 24.6. The molecule has 0 aliphatic carbocycles. The van der Waals surface area contributed by atoms with Crippen LogP contribution in [0.15, 0.2) is 32.7 Å². The molecule has 1 heterocycles. The van der Waals surface area contributed by atoms with Gasteiger partial charge in [-0.15, -0.1) is 38.0 Å². The highest BCUT2D eigenvalue weighted by atomic mass is 79.9. The third-order valence-electron chi connectivity index (χ3n) is 3.24. The third kappa shape index (κ3) is 8.33. The van der Waals surface area contributed by atoms with Crippen molar-refractivity contribution in [3.8, 4) is 5.75 Å². The number of rotatable bonds is 2. The highest BCUT2D eigenvalue weighted by molar-refractivity contribution is 9.10. The largest absolute Gasteiger partial charge is 0.573 e. The number of ether oxygens (including phenoxy) is 1. The van der Waals surface area contributed by atoms with Gasteiger partial charge < -0.3 is 21.1 Å². The molecule has 0 atom stereocenters. The Morgan fingerprint density at radius 1 is 1.08 bits per heavy atom. The van der Waals surface area contributed by atoms with Crippen molar-refractivity contribution in [2.24, 2.45) is 21.5 Å². The van der Waals surface area contributed by atoms with Crippen molar-refractivity contribution in [3.63, 3.8) is 0 Å². The minimum absolute atomic E-state index is 0. The Kier molecular flexibility index (Phi) is 10.1. The maximum absolute atomic E-state index is 12.3. The third-order valence-corrected chi connectivity index (χ3v) is 3.70. The summed E-state index contributed by atoms with van der Waals surface area (Å²) >= 11 is 3.10. The molecule has 0 amide bonds. The van der Waals surface area contributed by atoms with Crippen LogP contribution in [-0.2, 0) is 0 Å². The van der Waals surface area contributed by atoms with Crippen LogP contribution in [0, 0.1) is 0 Å². The van der Waals surface area contributed by atoms with Crippen LogP contribution in [0.1, 0.15) is 19.3 Å². The van der Waals surface area contributed by atoms with Crippen molar-refractivity contribution in [3.05, 3.63) is 22.7 Å². The molecule has 0 radical (unpaired) electrons. The first-order chi connectivity index (χ1) is 11.2. The minimum Gasteiger partial charge on any atom is -0.406 e. The van der Waals surface area contributed by atoms with Gasteiger partial charge >= 0.3 is 6.36 Å². The Morgan fingerprint density at radius 2 is 1.69 bits per heavy atom. The molecule has 26 heavy (non-hydrogen) atoms. The monoisotopic (exact) mass is 479 g/mol. The van der Waals surface area contributed by atoms with Crippen molar-refractivity contribution in [2.75, 3.05) is 13.1 Å².